The number of halogens is 1. The summed E-state index contributed by atoms with van der Waals surface area (Å²) in [5.41, 5.74) is 4.44. The molecule has 1 aromatic heterocycles. The molecule has 0 saturated heterocycles. The average Bonchev–Trinajstić information content (AvgIpc) is 2.78. The van der Waals surface area contributed by atoms with E-state index in [1.807, 2.05) is 49.5 Å². The van der Waals surface area contributed by atoms with Gasteiger partial charge >= 0.3 is 0 Å². The fourth-order valence-corrected chi connectivity index (χ4v) is 2.82. The molecule has 0 spiro atoms. The molecule has 0 fully saturated rings. The second-order valence-corrected chi connectivity index (χ2v) is 5.18. The molecule has 1 unspecified atom stereocenters. The number of hydrogen-bond donors (Lipinski definition) is 0. The van der Waals surface area contributed by atoms with Gasteiger partial charge in [-0.3, -0.25) is 0 Å². The van der Waals surface area contributed by atoms with E-state index < -0.39 is 0 Å². The molecule has 0 radical (unpaired) electrons. The standard InChI is InChI=1S/C16H15ClN2/c1-11-7-6-10-13-15(11)19(2)16(18-13)14(17)12-8-4-3-5-9-12/h3-10,14H,1-2H3. The van der Waals surface area contributed by atoms with Gasteiger partial charge in [0.1, 0.15) is 11.2 Å². The molecule has 0 aliphatic carbocycles. The van der Waals surface area contributed by atoms with E-state index >= 15 is 0 Å². The maximum atomic E-state index is 6.58. The van der Waals surface area contributed by atoms with E-state index in [4.69, 9.17) is 11.6 Å². The molecule has 0 amide bonds. The van der Waals surface area contributed by atoms with E-state index in [1.54, 1.807) is 0 Å². The monoisotopic (exact) mass is 270 g/mol. The maximum Gasteiger partial charge on any atom is 0.132 e. The van der Waals surface area contributed by atoms with Crippen LogP contribution in [-0.4, -0.2) is 9.55 Å². The quantitative estimate of drug-likeness (QED) is 0.638. The molecule has 19 heavy (non-hydrogen) atoms. The molecule has 0 aliphatic heterocycles. The number of nitrogens with zero attached hydrogens (tertiary/aromatic N) is 2. The molecule has 2 nitrogen and oxygen atoms in total. The zero-order valence-corrected chi connectivity index (χ0v) is 11.7. The lowest BCUT2D eigenvalue weighted by atomic mass is 10.1. The van der Waals surface area contributed by atoms with Crippen LogP contribution in [0.25, 0.3) is 11.0 Å². The fourth-order valence-electron chi connectivity index (χ4n) is 2.48. The highest BCUT2D eigenvalue weighted by atomic mass is 35.5. The average molecular weight is 271 g/mol. The smallest absolute Gasteiger partial charge is 0.132 e. The van der Waals surface area contributed by atoms with Crippen molar-refractivity contribution in [1.29, 1.82) is 0 Å². The lowest BCUT2D eigenvalue weighted by molar-refractivity contribution is 0.828. The summed E-state index contributed by atoms with van der Waals surface area (Å²) in [4.78, 5) is 4.68. The van der Waals surface area contributed by atoms with Gasteiger partial charge < -0.3 is 4.57 Å². The Labute approximate surface area is 117 Å². The van der Waals surface area contributed by atoms with E-state index in [-0.39, 0.29) is 5.38 Å². The van der Waals surface area contributed by atoms with Gasteiger partial charge in [-0.2, -0.15) is 0 Å². The Morgan fingerprint density at radius 1 is 1.05 bits per heavy atom. The third kappa shape index (κ3) is 2.02. The topological polar surface area (TPSA) is 17.8 Å². The van der Waals surface area contributed by atoms with Crippen molar-refractivity contribution in [3.63, 3.8) is 0 Å². The summed E-state index contributed by atoms with van der Waals surface area (Å²) in [7, 11) is 2.02. The van der Waals surface area contributed by atoms with E-state index in [1.165, 1.54) is 5.56 Å². The summed E-state index contributed by atoms with van der Waals surface area (Å²) < 4.78 is 2.09. The van der Waals surface area contributed by atoms with Crippen LogP contribution in [0.15, 0.2) is 48.5 Å². The predicted molar refractivity (Wildman–Crippen MR) is 79.6 cm³/mol. The van der Waals surface area contributed by atoms with Gasteiger partial charge in [0.25, 0.3) is 0 Å². The molecule has 3 rings (SSSR count). The summed E-state index contributed by atoms with van der Waals surface area (Å²) in [6.07, 6.45) is 0. The van der Waals surface area contributed by atoms with Gasteiger partial charge in [-0.1, -0.05) is 42.5 Å². The molecule has 1 heterocycles. The van der Waals surface area contributed by atoms with Crippen LogP contribution in [0.2, 0.25) is 0 Å². The minimum atomic E-state index is -0.224. The number of aryl methyl sites for hydroxylation is 2. The highest BCUT2D eigenvalue weighted by Gasteiger charge is 2.18. The first-order valence-electron chi connectivity index (χ1n) is 6.29. The predicted octanol–water partition coefficient (Wildman–Crippen LogP) is 4.21. The second kappa shape index (κ2) is 4.71. The molecular formula is C16H15ClN2. The molecule has 0 aliphatic rings. The van der Waals surface area contributed by atoms with Crippen LogP contribution in [0, 0.1) is 6.92 Å². The molecule has 0 N–H and O–H groups in total. The Morgan fingerprint density at radius 3 is 2.47 bits per heavy atom. The molecule has 96 valence electrons. The summed E-state index contributed by atoms with van der Waals surface area (Å²) in [6.45, 7) is 2.10. The molecule has 3 aromatic rings. The van der Waals surface area contributed by atoms with E-state index in [9.17, 15) is 0 Å². The van der Waals surface area contributed by atoms with E-state index in [2.05, 4.69) is 22.5 Å². The van der Waals surface area contributed by atoms with Crippen LogP contribution in [0.1, 0.15) is 22.3 Å². The number of aromatic nitrogens is 2. The molecule has 1 atom stereocenters. The molecule has 0 saturated carbocycles. The van der Waals surface area contributed by atoms with Gasteiger partial charge in [0.2, 0.25) is 0 Å². The SMILES string of the molecule is Cc1cccc2nc(C(Cl)c3ccccc3)n(C)c12. The van der Waals surface area contributed by atoms with Crippen molar-refractivity contribution >= 4 is 22.6 Å². The van der Waals surface area contributed by atoms with Gasteiger partial charge in [-0.05, 0) is 24.1 Å². The number of fused-ring (bicyclic) bond motifs is 1. The largest absolute Gasteiger partial charge is 0.329 e. The summed E-state index contributed by atoms with van der Waals surface area (Å²) in [5.74, 6) is 0.886. The van der Waals surface area contributed by atoms with Crippen LogP contribution in [-0.2, 0) is 7.05 Å². The normalized spacial score (nSPS) is 12.8. The van der Waals surface area contributed by atoms with Gasteiger partial charge in [0, 0.05) is 7.05 Å². The first kappa shape index (κ1) is 12.2. The summed E-state index contributed by atoms with van der Waals surface area (Å²) in [5, 5.41) is -0.224. The van der Waals surface area contributed by atoms with Gasteiger partial charge in [-0.25, -0.2) is 4.98 Å². The van der Waals surface area contributed by atoms with Crippen LogP contribution in [0.3, 0.4) is 0 Å². The van der Waals surface area contributed by atoms with Crippen molar-refractivity contribution in [1.82, 2.24) is 9.55 Å². The van der Waals surface area contributed by atoms with E-state index in [0.29, 0.717) is 0 Å². The number of alkyl halides is 1. The van der Waals surface area contributed by atoms with Crippen LogP contribution in [0.5, 0.6) is 0 Å². The number of rotatable bonds is 2. The third-order valence-corrected chi connectivity index (χ3v) is 3.90. The maximum absolute atomic E-state index is 6.58. The second-order valence-electron chi connectivity index (χ2n) is 4.74. The summed E-state index contributed by atoms with van der Waals surface area (Å²) in [6, 6.07) is 16.2. The van der Waals surface area contributed by atoms with E-state index in [0.717, 1.165) is 22.4 Å². The van der Waals surface area contributed by atoms with Crippen molar-refractivity contribution in [2.24, 2.45) is 7.05 Å². The first-order valence-corrected chi connectivity index (χ1v) is 6.73. The van der Waals surface area contributed by atoms with Crippen LogP contribution >= 0.6 is 11.6 Å². The Morgan fingerprint density at radius 2 is 1.79 bits per heavy atom. The third-order valence-electron chi connectivity index (χ3n) is 3.45. The highest BCUT2D eigenvalue weighted by Crippen LogP contribution is 2.30. The minimum absolute atomic E-state index is 0.224. The highest BCUT2D eigenvalue weighted by molar-refractivity contribution is 6.22. The molecular weight excluding hydrogens is 256 g/mol. The van der Waals surface area contributed by atoms with Crippen molar-refractivity contribution in [3.05, 3.63) is 65.5 Å². The van der Waals surface area contributed by atoms with Gasteiger partial charge in [-0.15, -0.1) is 11.6 Å². The minimum Gasteiger partial charge on any atom is -0.329 e. The van der Waals surface area contributed by atoms with Gasteiger partial charge in [0.15, 0.2) is 0 Å². The zero-order chi connectivity index (χ0) is 13.4. The van der Waals surface area contributed by atoms with Crippen molar-refractivity contribution in [2.75, 3.05) is 0 Å². The van der Waals surface area contributed by atoms with Crippen LogP contribution in [0.4, 0.5) is 0 Å². The first-order chi connectivity index (χ1) is 9.18. The van der Waals surface area contributed by atoms with Crippen molar-refractivity contribution < 1.29 is 0 Å². The Kier molecular flexibility index (Phi) is 3.03. The molecule has 2 aromatic carbocycles. The number of hydrogen-bond acceptors (Lipinski definition) is 1. The Balaban J connectivity index is 2.16. The Bertz CT molecular complexity index is 716. The van der Waals surface area contributed by atoms with Crippen molar-refractivity contribution in [3.8, 4) is 0 Å². The Hall–Kier alpha value is -1.80. The lowest BCUT2D eigenvalue weighted by Crippen LogP contribution is -2.02. The van der Waals surface area contributed by atoms with Crippen LogP contribution < -0.4 is 0 Å². The van der Waals surface area contributed by atoms with Crippen molar-refractivity contribution in [2.45, 2.75) is 12.3 Å². The lowest BCUT2D eigenvalue weighted by Gasteiger charge is -2.10. The number of para-hydroxylation sites is 1. The summed E-state index contributed by atoms with van der Waals surface area (Å²) >= 11 is 6.58. The fraction of sp³-hybridized carbons (Fsp3) is 0.188. The number of benzene rings is 2. The molecule has 0 bridgehead atoms. The number of imidazole rings is 1. The molecule has 3 heteroatoms. The van der Waals surface area contributed by atoms with Gasteiger partial charge in [0.05, 0.1) is 11.0 Å². The zero-order valence-electron chi connectivity index (χ0n) is 11.0.